The van der Waals surface area contributed by atoms with Gasteiger partial charge in [-0.15, -0.1) is 0 Å². The minimum Gasteiger partial charge on any atom is -0.393 e. The average Bonchev–Trinajstić information content (AvgIpc) is 3.40. The normalized spacial score (nSPS) is 40.1. The Morgan fingerprint density at radius 1 is 1.06 bits per heavy atom. The van der Waals surface area contributed by atoms with E-state index in [4.69, 9.17) is 0 Å². The monoisotopic (exact) mass is 454 g/mol. The van der Waals surface area contributed by atoms with Crippen LogP contribution in [-0.2, 0) is 0 Å². The van der Waals surface area contributed by atoms with Crippen LogP contribution in [-0.4, -0.2) is 33.6 Å². The third kappa shape index (κ3) is 5.57. The second kappa shape index (κ2) is 10.6. The second-order valence-corrected chi connectivity index (χ2v) is 11.9. The van der Waals surface area contributed by atoms with Gasteiger partial charge in [0, 0.05) is 6.42 Å². The first-order valence-electron chi connectivity index (χ1n) is 13.6. The molecule has 4 rings (SSSR count). The third-order valence-electron chi connectivity index (χ3n) is 9.62. The first-order chi connectivity index (χ1) is 15.8. The molecule has 33 heavy (non-hydrogen) atoms. The molecule has 0 aliphatic heterocycles. The molecule has 3 heteroatoms. The maximum absolute atomic E-state index is 10.5. The Labute approximate surface area is 201 Å². The summed E-state index contributed by atoms with van der Waals surface area (Å²) in [7, 11) is 0. The number of allylic oxidation sites excluding steroid dienone is 4. The van der Waals surface area contributed by atoms with Crippen molar-refractivity contribution in [1.29, 1.82) is 0 Å². The lowest BCUT2D eigenvalue weighted by Gasteiger charge is -2.44. The molecular formula is C30H46O3. The van der Waals surface area contributed by atoms with E-state index in [0.29, 0.717) is 36.0 Å². The van der Waals surface area contributed by atoms with Gasteiger partial charge >= 0.3 is 0 Å². The summed E-state index contributed by atoms with van der Waals surface area (Å²) in [4.78, 5) is 0. The lowest BCUT2D eigenvalue weighted by atomic mass is 9.61. The molecule has 184 valence electrons. The summed E-state index contributed by atoms with van der Waals surface area (Å²) in [5, 5.41) is 30.8. The fraction of sp³-hybridized carbons (Fsp3) is 0.733. The van der Waals surface area contributed by atoms with E-state index in [0.717, 1.165) is 29.9 Å². The van der Waals surface area contributed by atoms with E-state index in [1.165, 1.54) is 51.4 Å². The minimum absolute atomic E-state index is 0.289. The molecule has 4 aliphatic carbocycles. The number of hydrogen-bond acceptors (Lipinski definition) is 3. The van der Waals surface area contributed by atoms with Gasteiger partial charge < -0.3 is 15.3 Å². The molecule has 3 nitrogen and oxygen atoms in total. The van der Waals surface area contributed by atoms with Gasteiger partial charge in [-0.3, -0.25) is 0 Å². The molecule has 4 saturated carbocycles. The lowest BCUT2D eigenvalue weighted by molar-refractivity contribution is 0.0862. The van der Waals surface area contributed by atoms with Gasteiger partial charge in [0.05, 0.1) is 18.3 Å². The molecule has 0 saturated heterocycles. The Hall–Kier alpha value is -1.16. The standard InChI is InChI=1S/C30H46O3/c1-20(10-13-25(31)17-22-7-4-5-8-22)27-14-15-28-23(9-6-16-30(27,28)3)11-12-24-18-26(32)19-29(33)21(24)2/h10-13,20,22,25-29,31-33H,2,4-9,14-19H2,1,3H3/b13-10?,23-11?,24-12-/t20-,25-,26-,27-,28+,29+,30-/m1/s1. The van der Waals surface area contributed by atoms with Crippen LogP contribution in [0.1, 0.15) is 90.9 Å². The summed E-state index contributed by atoms with van der Waals surface area (Å²) < 4.78 is 0. The largest absolute Gasteiger partial charge is 0.393 e. The van der Waals surface area contributed by atoms with Crippen LogP contribution < -0.4 is 0 Å². The van der Waals surface area contributed by atoms with Gasteiger partial charge in [-0.25, -0.2) is 0 Å². The number of hydrogen-bond donors (Lipinski definition) is 3. The molecule has 4 fully saturated rings. The fourth-order valence-electron chi connectivity index (χ4n) is 7.71. The first-order valence-corrected chi connectivity index (χ1v) is 13.6. The number of fused-ring (bicyclic) bond motifs is 1. The Morgan fingerprint density at radius 3 is 2.58 bits per heavy atom. The van der Waals surface area contributed by atoms with Crippen LogP contribution in [0.15, 0.2) is 47.6 Å². The third-order valence-corrected chi connectivity index (χ3v) is 9.62. The van der Waals surface area contributed by atoms with E-state index in [-0.39, 0.29) is 6.10 Å². The summed E-state index contributed by atoms with van der Waals surface area (Å²) >= 11 is 0. The van der Waals surface area contributed by atoms with Crippen molar-refractivity contribution < 1.29 is 15.3 Å². The van der Waals surface area contributed by atoms with Crippen LogP contribution in [0, 0.1) is 29.1 Å². The molecule has 0 radical (unpaired) electrons. The first kappa shape index (κ1) is 24.9. The van der Waals surface area contributed by atoms with Gasteiger partial charge in [0.1, 0.15) is 0 Å². The van der Waals surface area contributed by atoms with Crippen LogP contribution in [0.4, 0.5) is 0 Å². The molecule has 0 unspecified atom stereocenters. The number of rotatable bonds is 6. The fourth-order valence-corrected chi connectivity index (χ4v) is 7.71. The van der Waals surface area contributed by atoms with Crippen molar-refractivity contribution in [3.63, 3.8) is 0 Å². The van der Waals surface area contributed by atoms with Crippen molar-refractivity contribution in [3.8, 4) is 0 Å². The smallest absolute Gasteiger partial charge is 0.0811 e. The Kier molecular flexibility index (Phi) is 8.03. The van der Waals surface area contributed by atoms with Crippen molar-refractivity contribution in [2.75, 3.05) is 0 Å². The second-order valence-electron chi connectivity index (χ2n) is 11.9. The van der Waals surface area contributed by atoms with Crippen LogP contribution >= 0.6 is 0 Å². The van der Waals surface area contributed by atoms with E-state index >= 15 is 0 Å². The zero-order valence-electron chi connectivity index (χ0n) is 20.9. The maximum Gasteiger partial charge on any atom is 0.0811 e. The highest BCUT2D eigenvalue weighted by Gasteiger charge is 2.50. The molecule has 0 heterocycles. The zero-order chi connectivity index (χ0) is 23.6. The van der Waals surface area contributed by atoms with Crippen molar-refractivity contribution in [1.82, 2.24) is 0 Å². The topological polar surface area (TPSA) is 60.7 Å². The summed E-state index contributed by atoms with van der Waals surface area (Å²) in [6.45, 7) is 8.93. The van der Waals surface area contributed by atoms with E-state index in [1.54, 1.807) is 5.57 Å². The van der Waals surface area contributed by atoms with Gasteiger partial charge in [-0.2, -0.15) is 0 Å². The Bertz CT molecular complexity index is 786. The zero-order valence-corrected chi connectivity index (χ0v) is 20.9. The van der Waals surface area contributed by atoms with Crippen molar-refractivity contribution in [3.05, 3.63) is 47.6 Å². The van der Waals surface area contributed by atoms with Crippen molar-refractivity contribution in [2.24, 2.45) is 29.1 Å². The maximum atomic E-state index is 10.5. The molecule has 3 N–H and O–H groups in total. The van der Waals surface area contributed by atoms with Crippen molar-refractivity contribution >= 4 is 0 Å². The summed E-state index contributed by atoms with van der Waals surface area (Å²) in [6.07, 6.45) is 20.8. The van der Waals surface area contributed by atoms with E-state index < -0.39 is 12.2 Å². The molecule has 4 aliphatic rings. The van der Waals surface area contributed by atoms with Gasteiger partial charge in [0.25, 0.3) is 0 Å². The molecule has 7 atom stereocenters. The van der Waals surface area contributed by atoms with Gasteiger partial charge in [-0.05, 0) is 85.2 Å². The lowest BCUT2D eigenvalue weighted by Crippen LogP contribution is -2.35. The number of aliphatic hydroxyl groups excluding tert-OH is 3. The Morgan fingerprint density at radius 2 is 1.82 bits per heavy atom. The molecule has 0 bridgehead atoms. The average molecular weight is 455 g/mol. The molecular weight excluding hydrogens is 408 g/mol. The highest BCUT2D eigenvalue weighted by Crippen LogP contribution is 2.59. The number of aliphatic hydroxyl groups is 3. The molecule has 0 spiro atoms. The highest BCUT2D eigenvalue weighted by molar-refractivity contribution is 5.38. The van der Waals surface area contributed by atoms with Gasteiger partial charge in [0.2, 0.25) is 0 Å². The highest BCUT2D eigenvalue weighted by atomic mass is 16.3. The summed E-state index contributed by atoms with van der Waals surface area (Å²) in [5.41, 5.74) is 3.63. The van der Waals surface area contributed by atoms with Gasteiger partial charge in [0.15, 0.2) is 0 Å². The SMILES string of the molecule is C=C1/C(=C\C=C2CCC[C@]3(C)[C@@H]([C@H](C)C=C[C@@H](O)CC4CCCC4)CC[C@@H]23)C[C@@H](O)C[C@@H]1O. The summed E-state index contributed by atoms with van der Waals surface area (Å²) in [6, 6.07) is 0. The van der Waals surface area contributed by atoms with E-state index in [1.807, 2.05) is 0 Å². The van der Waals surface area contributed by atoms with Crippen LogP contribution in [0.2, 0.25) is 0 Å². The van der Waals surface area contributed by atoms with Crippen LogP contribution in [0.25, 0.3) is 0 Å². The minimum atomic E-state index is -0.623. The Balaban J connectivity index is 1.42. The van der Waals surface area contributed by atoms with E-state index in [9.17, 15) is 15.3 Å². The summed E-state index contributed by atoms with van der Waals surface area (Å²) in [5.74, 6) is 2.47. The van der Waals surface area contributed by atoms with Gasteiger partial charge in [-0.1, -0.05) is 76.0 Å². The molecule has 0 aromatic heterocycles. The molecule has 0 aromatic carbocycles. The predicted octanol–water partition coefficient (Wildman–Crippen LogP) is 6.26. The quantitative estimate of drug-likeness (QED) is 0.415. The van der Waals surface area contributed by atoms with Crippen LogP contribution in [0.3, 0.4) is 0 Å². The van der Waals surface area contributed by atoms with Crippen LogP contribution in [0.5, 0.6) is 0 Å². The molecule has 0 aromatic rings. The van der Waals surface area contributed by atoms with E-state index in [2.05, 4.69) is 44.7 Å². The van der Waals surface area contributed by atoms with Crippen molar-refractivity contribution in [2.45, 2.75) is 109 Å². The predicted molar refractivity (Wildman–Crippen MR) is 136 cm³/mol. The molecule has 0 amide bonds.